The van der Waals surface area contributed by atoms with Gasteiger partial charge in [-0.3, -0.25) is 4.79 Å². The van der Waals surface area contributed by atoms with Gasteiger partial charge in [0.1, 0.15) is 0 Å². The Hall–Kier alpha value is -1.87. The maximum atomic E-state index is 12.2. The summed E-state index contributed by atoms with van der Waals surface area (Å²) in [6.45, 7) is 2.43. The Balaban J connectivity index is 2.28. The van der Waals surface area contributed by atoms with Crippen LogP contribution in [0.1, 0.15) is 17.3 Å². The molecule has 2 rings (SSSR count). The molecule has 0 bridgehead atoms. The molecule has 2 aromatic rings. The van der Waals surface area contributed by atoms with Gasteiger partial charge in [0.25, 0.3) is 5.91 Å². The van der Waals surface area contributed by atoms with Gasteiger partial charge in [-0.1, -0.05) is 36.4 Å². The van der Waals surface area contributed by atoms with Crippen molar-refractivity contribution in [3.8, 4) is 0 Å². The summed E-state index contributed by atoms with van der Waals surface area (Å²) in [6, 6.07) is 13.6. The second-order valence-electron chi connectivity index (χ2n) is 4.36. The van der Waals surface area contributed by atoms with Gasteiger partial charge in [0.15, 0.2) is 0 Å². The Bertz CT molecular complexity index is 546. The Labute approximate surface area is 107 Å². The quantitative estimate of drug-likeness (QED) is 0.896. The van der Waals surface area contributed by atoms with E-state index in [0.717, 1.165) is 10.8 Å². The van der Waals surface area contributed by atoms with Crippen LogP contribution in [-0.2, 0) is 4.74 Å². The van der Waals surface area contributed by atoms with Crippen molar-refractivity contribution in [2.75, 3.05) is 13.7 Å². The molecule has 94 valence electrons. The van der Waals surface area contributed by atoms with E-state index in [1.54, 1.807) is 7.11 Å². The molecule has 1 atom stereocenters. The summed E-state index contributed by atoms with van der Waals surface area (Å²) in [4.78, 5) is 12.2. The Morgan fingerprint density at radius 3 is 2.72 bits per heavy atom. The first-order valence-electron chi connectivity index (χ1n) is 6.00. The van der Waals surface area contributed by atoms with E-state index in [0.29, 0.717) is 12.2 Å². The lowest BCUT2D eigenvalue weighted by molar-refractivity contribution is 0.0907. The van der Waals surface area contributed by atoms with Crippen molar-refractivity contribution in [2.24, 2.45) is 0 Å². The van der Waals surface area contributed by atoms with E-state index in [2.05, 4.69) is 5.32 Å². The van der Waals surface area contributed by atoms with Crippen molar-refractivity contribution in [2.45, 2.75) is 13.0 Å². The van der Waals surface area contributed by atoms with E-state index in [4.69, 9.17) is 4.74 Å². The van der Waals surface area contributed by atoms with Gasteiger partial charge in [0, 0.05) is 18.7 Å². The van der Waals surface area contributed by atoms with Gasteiger partial charge >= 0.3 is 0 Å². The fourth-order valence-corrected chi connectivity index (χ4v) is 2.02. The number of hydrogen-bond donors (Lipinski definition) is 1. The third-order valence-electron chi connectivity index (χ3n) is 2.83. The van der Waals surface area contributed by atoms with E-state index in [1.165, 1.54) is 0 Å². The molecule has 0 aromatic heterocycles. The van der Waals surface area contributed by atoms with Crippen LogP contribution in [0.15, 0.2) is 42.5 Å². The molecule has 2 aromatic carbocycles. The van der Waals surface area contributed by atoms with Gasteiger partial charge < -0.3 is 10.1 Å². The Morgan fingerprint density at radius 1 is 1.22 bits per heavy atom. The fraction of sp³-hybridized carbons (Fsp3) is 0.267. The van der Waals surface area contributed by atoms with E-state index in [1.807, 2.05) is 49.4 Å². The van der Waals surface area contributed by atoms with Gasteiger partial charge in [-0.2, -0.15) is 0 Å². The fourth-order valence-electron chi connectivity index (χ4n) is 2.02. The Kier molecular flexibility index (Phi) is 3.95. The molecule has 1 amide bonds. The summed E-state index contributed by atoms with van der Waals surface area (Å²) in [7, 11) is 1.63. The second kappa shape index (κ2) is 5.65. The number of methoxy groups -OCH3 is 1. The number of amides is 1. The van der Waals surface area contributed by atoms with E-state index in [9.17, 15) is 4.79 Å². The van der Waals surface area contributed by atoms with Crippen LogP contribution in [-0.4, -0.2) is 25.7 Å². The van der Waals surface area contributed by atoms with Crippen LogP contribution >= 0.6 is 0 Å². The molecule has 0 aliphatic rings. The minimum absolute atomic E-state index is 0.00136. The predicted octanol–water partition coefficient (Wildman–Crippen LogP) is 2.60. The van der Waals surface area contributed by atoms with Gasteiger partial charge in [-0.25, -0.2) is 0 Å². The Morgan fingerprint density at radius 2 is 1.94 bits per heavy atom. The summed E-state index contributed by atoms with van der Waals surface area (Å²) in [6.07, 6.45) is 0. The molecular formula is C15H17NO2. The number of benzene rings is 2. The summed E-state index contributed by atoms with van der Waals surface area (Å²) in [5, 5.41) is 4.97. The molecule has 3 heteroatoms. The second-order valence-corrected chi connectivity index (χ2v) is 4.36. The standard InChI is InChI=1S/C15H17NO2/c1-11(10-18-2)16-15(17)14-9-5-7-12-6-3-4-8-13(12)14/h3-9,11H,10H2,1-2H3,(H,16,17)/t11-/m0/s1. The van der Waals surface area contributed by atoms with Crippen molar-refractivity contribution in [1.29, 1.82) is 0 Å². The normalized spacial score (nSPS) is 12.3. The molecule has 3 nitrogen and oxygen atoms in total. The molecule has 0 saturated carbocycles. The summed E-state index contributed by atoms with van der Waals surface area (Å²) in [5.74, 6) is -0.0589. The molecule has 1 N–H and O–H groups in total. The highest BCUT2D eigenvalue weighted by Crippen LogP contribution is 2.18. The van der Waals surface area contributed by atoms with Crippen LogP contribution in [0.25, 0.3) is 10.8 Å². The first-order valence-corrected chi connectivity index (χ1v) is 6.00. The zero-order chi connectivity index (χ0) is 13.0. The highest BCUT2D eigenvalue weighted by molar-refractivity contribution is 6.07. The zero-order valence-corrected chi connectivity index (χ0v) is 10.6. The van der Waals surface area contributed by atoms with Crippen molar-refractivity contribution in [1.82, 2.24) is 5.32 Å². The number of carbonyl (C=O) groups excluding carboxylic acids is 1. The van der Waals surface area contributed by atoms with Crippen molar-refractivity contribution in [3.63, 3.8) is 0 Å². The highest BCUT2D eigenvalue weighted by Gasteiger charge is 2.11. The van der Waals surface area contributed by atoms with Crippen LogP contribution in [0.4, 0.5) is 0 Å². The number of fused-ring (bicyclic) bond motifs is 1. The third-order valence-corrected chi connectivity index (χ3v) is 2.83. The van der Waals surface area contributed by atoms with Crippen LogP contribution in [0, 0.1) is 0 Å². The molecule has 0 aliphatic carbocycles. The van der Waals surface area contributed by atoms with E-state index >= 15 is 0 Å². The summed E-state index contributed by atoms with van der Waals surface area (Å²) >= 11 is 0. The molecular weight excluding hydrogens is 226 g/mol. The maximum Gasteiger partial charge on any atom is 0.252 e. The van der Waals surface area contributed by atoms with E-state index in [-0.39, 0.29) is 11.9 Å². The monoisotopic (exact) mass is 243 g/mol. The van der Waals surface area contributed by atoms with Gasteiger partial charge in [0.05, 0.1) is 6.61 Å². The molecule has 0 aliphatic heterocycles. The van der Waals surface area contributed by atoms with Crippen LogP contribution in [0.5, 0.6) is 0 Å². The number of hydrogen-bond acceptors (Lipinski definition) is 2. The topological polar surface area (TPSA) is 38.3 Å². The largest absolute Gasteiger partial charge is 0.383 e. The number of carbonyl (C=O) groups is 1. The molecule has 0 saturated heterocycles. The lowest BCUT2D eigenvalue weighted by Crippen LogP contribution is -2.35. The lowest BCUT2D eigenvalue weighted by atomic mass is 10.0. The van der Waals surface area contributed by atoms with Gasteiger partial charge in [-0.05, 0) is 23.8 Å². The highest BCUT2D eigenvalue weighted by atomic mass is 16.5. The summed E-state index contributed by atoms with van der Waals surface area (Å²) < 4.78 is 5.01. The molecule has 0 radical (unpaired) electrons. The smallest absolute Gasteiger partial charge is 0.252 e. The zero-order valence-electron chi connectivity index (χ0n) is 10.6. The maximum absolute atomic E-state index is 12.2. The van der Waals surface area contributed by atoms with Crippen LogP contribution in [0.3, 0.4) is 0 Å². The minimum atomic E-state index is -0.0589. The number of ether oxygens (including phenoxy) is 1. The van der Waals surface area contributed by atoms with Crippen molar-refractivity contribution in [3.05, 3.63) is 48.0 Å². The first-order chi connectivity index (χ1) is 8.72. The molecule has 0 fully saturated rings. The minimum Gasteiger partial charge on any atom is -0.383 e. The van der Waals surface area contributed by atoms with E-state index < -0.39 is 0 Å². The summed E-state index contributed by atoms with van der Waals surface area (Å²) in [5.41, 5.74) is 0.705. The predicted molar refractivity (Wildman–Crippen MR) is 72.8 cm³/mol. The lowest BCUT2D eigenvalue weighted by Gasteiger charge is -2.13. The van der Waals surface area contributed by atoms with Gasteiger partial charge in [-0.15, -0.1) is 0 Å². The molecule has 18 heavy (non-hydrogen) atoms. The molecule has 0 heterocycles. The third kappa shape index (κ3) is 2.68. The van der Waals surface area contributed by atoms with Gasteiger partial charge in [0.2, 0.25) is 0 Å². The number of nitrogens with one attached hydrogen (secondary N) is 1. The van der Waals surface area contributed by atoms with Crippen LogP contribution < -0.4 is 5.32 Å². The first kappa shape index (κ1) is 12.6. The van der Waals surface area contributed by atoms with Crippen LogP contribution in [0.2, 0.25) is 0 Å². The van der Waals surface area contributed by atoms with Crippen molar-refractivity contribution < 1.29 is 9.53 Å². The number of rotatable bonds is 4. The molecule has 0 spiro atoms. The average Bonchev–Trinajstić information content (AvgIpc) is 2.38. The average molecular weight is 243 g/mol. The molecule has 0 unspecified atom stereocenters. The van der Waals surface area contributed by atoms with Crippen molar-refractivity contribution >= 4 is 16.7 Å². The SMILES string of the molecule is COC[C@H](C)NC(=O)c1cccc2ccccc12.